The molecule has 0 radical (unpaired) electrons. The van der Waals surface area contributed by atoms with Crippen molar-refractivity contribution in [3.05, 3.63) is 59.7 Å². The van der Waals surface area contributed by atoms with Crippen molar-refractivity contribution in [1.82, 2.24) is 5.32 Å². The van der Waals surface area contributed by atoms with Crippen molar-refractivity contribution in [1.29, 1.82) is 0 Å². The Bertz CT molecular complexity index is 857. The highest BCUT2D eigenvalue weighted by molar-refractivity contribution is 6.39. The number of carbonyl (C=O) groups excluding carboxylic acids is 3. The van der Waals surface area contributed by atoms with Gasteiger partial charge in [0.25, 0.3) is 0 Å². The summed E-state index contributed by atoms with van der Waals surface area (Å²) in [6.45, 7) is 2.59. The molecule has 1 saturated heterocycles. The molecule has 0 spiro atoms. The SMILES string of the molecule is COC(=O)c1ccc(NC(=O)C(=O)NCCc2ccc(N3CCCC3)cc2)cc1. The molecular weight excluding hydrogens is 370 g/mol. The van der Waals surface area contributed by atoms with E-state index in [0.29, 0.717) is 24.2 Å². The van der Waals surface area contributed by atoms with Crippen molar-refractivity contribution in [2.45, 2.75) is 19.3 Å². The number of esters is 1. The third-order valence-electron chi connectivity index (χ3n) is 4.88. The minimum Gasteiger partial charge on any atom is -0.465 e. The lowest BCUT2D eigenvalue weighted by Gasteiger charge is -2.17. The fourth-order valence-electron chi connectivity index (χ4n) is 3.24. The van der Waals surface area contributed by atoms with Gasteiger partial charge in [-0.05, 0) is 61.2 Å². The Morgan fingerprint density at radius 3 is 2.21 bits per heavy atom. The zero-order chi connectivity index (χ0) is 20.6. The molecule has 2 amide bonds. The minimum absolute atomic E-state index is 0.366. The second-order valence-corrected chi connectivity index (χ2v) is 6.89. The Labute approximate surface area is 170 Å². The Morgan fingerprint density at radius 1 is 0.931 bits per heavy atom. The van der Waals surface area contributed by atoms with Crippen molar-refractivity contribution in [3.8, 4) is 0 Å². The second kappa shape index (κ2) is 9.73. The van der Waals surface area contributed by atoms with Crippen LogP contribution in [0.5, 0.6) is 0 Å². The van der Waals surface area contributed by atoms with Crippen LogP contribution in [-0.2, 0) is 20.7 Å². The Kier molecular flexibility index (Phi) is 6.84. The van der Waals surface area contributed by atoms with E-state index in [1.165, 1.54) is 37.8 Å². The van der Waals surface area contributed by atoms with Crippen LogP contribution in [0.2, 0.25) is 0 Å². The first-order valence-corrected chi connectivity index (χ1v) is 9.68. The van der Waals surface area contributed by atoms with Gasteiger partial charge in [0.1, 0.15) is 0 Å². The fourth-order valence-corrected chi connectivity index (χ4v) is 3.24. The molecule has 1 heterocycles. The smallest absolute Gasteiger partial charge is 0.337 e. The van der Waals surface area contributed by atoms with E-state index in [9.17, 15) is 14.4 Å². The predicted octanol–water partition coefficient (Wildman–Crippen LogP) is 2.37. The number of amides is 2. The van der Waals surface area contributed by atoms with E-state index in [1.54, 1.807) is 12.1 Å². The molecule has 29 heavy (non-hydrogen) atoms. The van der Waals surface area contributed by atoms with Crippen molar-refractivity contribution in [2.75, 3.05) is 37.0 Å². The number of hydrogen-bond donors (Lipinski definition) is 2. The summed E-state index contributed by atoms with van der Waals surface area (Å²) < 4.78 is 4.62. The van der Waals surface area contributed by atoms with Gasteiger partial charge >= 0.3 is 17.8 Å². The van der Waals surface area contributed by atoms with Crippen molar-refractivity contribution in [3.63, 3.8) is 0 Å². The molecule has 0 aliphatic carbocycles. The molecule has 1 fully saturated rings. The van der Waals surface area contributed by atoms with E-state index < -0.39 is 17.8 Å². The zero-order valence-electron chi connectivity index (χ0n) is 16.4. The molecule has 0 aromatic heterocycles. The summed E-state index contributed by atoms with van der Waals surface area (Å²) in [5, 5.41) is 5.13. The molecule has 1 aliphatic rings. The third kappa shape index (κ3) is 5.57. The highest BCUT2D eigenvalue weighted by atomic mass is 16.5. The maximum absolute atomic E-state index is 12.0. The first kappa shape index (κ1) is 20.4. The lowest BCUT2D eigenvalue weighted by molar-refractivity contribution is -0.136. The Hall–Kier alpha value is -3.35. The average molecular weight is 395 g/mol. The number of methoxy groups -OCH3 is 1. The predicted molar refractivity (Wildman–Crippen MR) is 111 cm³/mol. The monoisotopic (exact) mass is 395 g/mol. The van der Waals surface area contributed by atoms with Crippen LogP contribution >= 0.6 is 0 Å². The third-order valence-corrected chi connectivity index (χ3v) is 4.88. The van der Waals surface area contributed by atoms with Gasteiger partial charge in [0, 0.05) is 31.0 Å². The first-order chi connectivity index (χ1) is 14.1. The number of carbonyl (C=O) groups is 3. The van der Waals surface area contributed by atoms with Crippen LogP contribution in [0.4, 0.5) is 11.4 Å². The van der Waals surface area contributed by atoms with E-state index in [-0.39, 0.29) is 0 Å². The van der Waals surface area contributed by atoms with Crippen LogP contribution in [0.1, 0.15) is 28.8 Å². The summed E-state index contributed by atoms with van der Waals surface area (Å²) in [7, 11) is 1.30. The molecule has 2 aromatic rings. The van der Waals surface area contributed by atoms with E-state index in [4.69, 9.17) is 0 Å². The molecule has 7 nitrogen and oxygen atoms in total. The molecule has 152 valence electrons. The molecule has 2 N–H and O–H groups in total. The van der Waals surface area contributed by atoms with Crippen LogP contribution < -0.4 is 15.5 Å². The lowest BCUT2D eigenvalue weighted by atomic mass is 10.1. The van der Waals surface area contributed by atoms with E-state index >= 15 is 0 Å². The second-order valence-electron chi connectivity index (χ2n) is 6.89. The molecule has 0 bridgehead atoms. The lowest BCUT2D eigenvalue weighted by Crippen LogP contribution is -2.36. The number of ether oxygens (including phenoxy) is 1. The topological polar surface area (TPSA) is 87.7 Å². The molecule has 3 rings (SSSR count). The summed E-state index contributed by atoms with van der Waals surface area (Å²) in [6, 6.07) is 14.4. The number of nitrogens with one attached hydrogen (secondary N) is 2. The number of nitrogens with zero attached hydrogens (tertiary/aromatic N) is 1. The van der Waals surface area contributed by atoms with Gasteiger partial charge < -0.3 is 20.3 Å². The average Bonchev–Trinajstić information content (AvgIpc) is 3.29. The van der Waals surface area contributed by atoms with Crippen molar-refractivity contribution < 1.29 is 19.1 Å². The molecule has 1 aliphatic heterocycles. The zero-order valence-corrected chi connectivity index (χ0v) is 16.4. The van der Waals surface area contributed by atoms with E-state index in [1.807, 2.05) is 0 Å². The van der Waals surface area contributed by atoms with Gasteiger partial charge in [0.2, 0.25) is 0 Å². The van der Waals surface area contributed by atoms with Crippen molar-refractivity contribution in [2.24, 2.45) is 0 Å². The summed E-state index contributed by atoms with van der Waals surface area (Å²) in [6.07, 6.45) is 3.13. The van der Waals surface area contributed by atoms with E-state index in [0.717, 1.165) is 18.7 Å². The van der Waals surface area contributed by atoms with Crippen LogP contribution in [0.25, 0.3) is 0 Å². The summed E-state index contributed by atoms with van der Waals surface area (Å²) in [4.78, 5) is 37.8. The number of anilines is 2. The molecule has 7 heteroatoms. The van der Waals surface area contributed by atoms with Gasteiger partial charge in [-0.15, -0.1) is 0 Å². The van der Waals surface area contributed by atoms with Gasteiger partial charge in [-0.3, -0.25) is 9.59 Å². The van der Waals surface area contributed by atoms with Crippen LogP contribution in [-0.4, -0.2) is 44.5 Å². The number of rotatable bonds is 6. The van der Waals surface area contributed by atoms with Gasteiger partial charge in [0.05, 0.1) is 12.7 Å². The minimum atomic E-state index is -0.750. The van der Waals surface area contributed by atoms with Crippen LogP contribution in [0.15, 0.2) is 48.5 Å². The highest BCUT2D eigenvalue weighted by Gasteiger charge is 2.14. The van der Waals surface area contributed by atoms with Gasteiger partial charge in [-0.2, -0.15) is 0 Å². The Balaban J connectivity index is 1.42. The maximum Gasteiger partial charge on any atom is 0.337 e. The van der Waals surface area contributed by atoms with Gasteiger partial charge in [-0.1, -0.05) is 12.1 Å². The number of hydrogen-bond acceptors (Lipinski definition) is 5. The summed E-state index contributed by atoms with van der Waals surface area (Å²) >= 11 is 0. The molecule has 0 saturated carbocycles. The summed E-state index contributed by atoms with van der Waals surface area (Å²) in [5.74, 6) is -1.91. The van der Waals surface area contributed by atoms with Gasteiger partial charge in [-0.25, -0.2) is 4.79 Å². The molecular formula is C22H25N3O4. The van der Waals surface area contributed by atoms with Crippen molar-refractivity contribution >= 4 is 29.2 Å². The Morgan fingerprint density at radius 2 is 1.59 bits per heavy atom. The quantitative estimate of drug-likeness (QED) is 0.579. The molecule has 0 unspecified atom stereocenters. The van der Waals surface area contributed by atoms with Gasteiger partial charge in [0.15, 0.2) is 0 Å². The maximum atomic E-state index is 12.0. The van der Waals surface area contributed by atoms with E-state index in [2.05, 4.69) is 44.5 Å². The summed E-state index contributed by atoms with van der Waals surface area (Å²) in [5.41, 5.74) is 3.13. The first-order valence-electron chi connectivity index (χ1n) is 9.68. The standard InChI is InChI=1S/C22H25N3O4/c1-29-22(28)17-6-8-18(9-7-17)24-21(27)20(26)23-13-12-16-4-10-19(11-5-16)25-14-2-3-15-25/h4-11H,2-3,12-15H2,1H3,(H,23,26)(H,24,27). The number of benzene rings is 2. The van der Waals surface area contributed by atoms with Crippen LogP contribution in [0.3, 0.4) is 0 Å². The fraction of sp³-hybridized carbons (Fsp3) is 0.318. The van der Waals surface area contributed by atoms with Crippen LogP contribution in [0, 0.1) is 0 Å². The largest absolute Gasteiger partial charge is 0.465 e. The highest BCUT2D eigenvalue weighted by Crippen LogP contribution is 2.20. The molecule has 0 atom stereocenters. The molecule has 2 aromatic carbocycles. The normalized spacial score (nSPS) is 13.1.